The molecule has 3 rings (SSSR count). The van der Waals surface area contributed by atoms with Gasteiger partial charge in [-0.15, -0.1) is 0 Å². The van der Waals surface area contributed by atoms with Gasteiger partial charge in [0.15, 0.2) is 0 Å². The molecule has 0 saturated carbocycles. The van der Waals surface area contributed by atoms with Gasteiger partial charge in [-0.2, -0.15) is 0 Å². The first-order chi connectivity index (χ1) is 9.76. The predicted molar refractivity (Wildman–Crippen MR) is 79.8 cm³/mol. The zero-order valence-electron chi connectivity index (χ0n) is 11.4. The maximum atomic E-state index is 11.9. The van der Waals surface area contributed by atoms with Crippen molar-refractivity contribution in [2.24, 2.45) is 0 Å². The van der Waals surface area contributed by atoms with E-state index in [1.165, 1.54) is 29.4 Å². The van der Waals surface area contributed by atoms with Crippen LogP contribution < -0.4 is 4.90 Å². The van der Waals surface area contributed by atoms with Gasteiger partial charge in [-0.3, -0.25) is 4.90 Å². The minimum absolute atomic E-state index is 0.347. The first-order valence-electron chi connectivity index (χ1n) is 6.61. The van der Waals surface area contributed by atoms with E-state index in [9.17, 15) is 4.79 Å². The first-order valence-corrected chi connectivity index (χ1v) is 6.61. The van der Waals surface area contributed by atoms with Crippen molar-refractivity contribution in [1.29, 1.82) is 0 Å². The lowest BCUT2D eigenvalue weighted by molar-refractivity contribution is 0.179. The summed E-state index contributed by atoms with van der Waals surface area (Å²) < 4.78 is 4.84. The molecule has 1 radical (unpaired) electrons. The lowest BCUT2D eigenvalue weighted by atomic mass is 10.0. The van der Waals surface area contributed by atoms with Crippen molar-refractivity contribution in [2.75, 3.05) is 18.6 Å². The maximum absolute atomic E-state index is 11.9. The smallest absolute Gasteiger partial charge is 0.414 e. The summed E-state index contributed by atoms with van der Waals surface area (Å²) in [5.41, 5.74) is 5.80. The van der Waals surface area contributed by atoms with Crippen LogP contribution >= 0.6 is 0 Å². The predicted octanol–water partition coefficient (Wildman–Crippen LogP) is 3.66. The third-order valence-electron chi connectivity index (χ3n) is 3.74. The quantitative estimate of drug-likeness (QED) is 0.708. The molecule has 3 nitrogen and oxygen atoms in total. The van der Waals surface area contributed by atoms with E-state index in [1.54, 1.807) is 4.90 Å². The molecule has 3 heteroatoms. The van der Waals surface area contributed by atoms with Gasteiger partial charge in [0.05, 0.1) is 12.8 Å². The summed E-state index contributed by atoms with van der Waals surface area (Å²) in [4.78, 5) is 13.5. The number of benzene rings is 2. The average Bonchev–Trinajstić information content (AvgIpc) is 2.87. The molecule has 0 aliphatic heterocycles. The van der Waals surface area contributed by atoms with Gasteiger partial charge in [-0.1, -0.05) is 36.4 Å². The standard InChI is InChI=1S/C17H16NO2/c1-3-18(17(19)20-2)16-10-6-9-14-13-8-5-4-7-12(13)11-15(14)16/h4-10H,1,3,11H2,2H3. The lowest BCUT2D eigenvalue weighted by Gasteiger charge is -2.22. The molecule has 0 N–H and O–H groups in total. The molecule has 2 aromatic carbocycles. The minimum Gasteiger partial charge on any atom is -0.452 e. The Kier molecular flexibility index (Phi) is 3.18. The Bertz CT molecular complexity index is 664. The van der Waals surface area contributed by atoms with Crippen molar-refractivity contribution < 1.29 is 9.53 Å². The van der Waals surface area contributed by atoms with Crippen LogP contribution in [0.3, 0.4) is 0 Å². The van der Waals surface area contributed by atoms with E-state index in [1.807, 2.05) is 24.3 Å². The number of nitrogens with zero attached hydrogens (tertiary/aromatic N) is 1. The van der Waals surface area contributed by atoms with E-state index in [2.05, 4.69) is 25.1 Å². The minimum atomic E-state index is -0.371. The van der Waals surface area contributed by atoms with Crippen LogP contribution in [0.5, 0.6) is 0 Å². The Morgan fingerprint density at radius 1 is 1.20 bits per heavy atom. The largest absolute Gasteiger partial charge is 0.452 e. The maximum Gasteiger partial charge on any atom is 0.414 e. The number of rotatable bonds is 2. The number of hydrogen-bond donors (Lipinski definition) is 0. The molecule has 0 spiro atoms. The highest BCUT2D eigenvalue weighted by Crippen LogP contribution is 2.41. The normalized spacial score (nSPS) is 11.7. The van der Waals surface area contributed by atoms with Gasteiger partial charge in [-0.05, 0) is 35.2 Å². The van der Waals surface area contributed by atoms with Crippen LogP contribution in [0.2, 0.25) is 0 Å². The molecule has 0 atom stereocenters. The highest BCUT2D eigenvalue weighted by Gasteiger charge is 2.25. The van der Waals surface area contributed by atoms with E-state index in [0.29, 0.717) is 6.54 Å². The van der Waals surface area contributed by atoms with Crippen LogP contribution in [-0.2, 0) is 11.2 Å². The summed E-state index contributed by atoms with van der Waals surface area (Å²) in [5.74, 6) is 0. The molecular formula is C17H16NO2. The van der Waals surface area contributed by atoms with Crippen molar-refractivity contribution >= 4 is 11.8 Å². The Morgan fingerprint density at radius 3 is 2.70 bits per heavy atom. The van der Waals surface area contributed by atoms with Crippen molar-refractivity contribution in [3.05, 3.63) is 60.5 Å². The molecule has 0 bridgehead atoms. The fourth-order valence-corrected chi connectivity index (χ4v) is 2.81. The number of fused-ring (bicyclic) bond motifs is 3. The Labute approximate surface area is 118 Å². The van der Waals surface area contributed by atoms with Gasteiger partial charge in [0.25, 0.3) is 0 Å². The molecule has 1 aliphatic rings. The van der Waals surface area contributed by atoms with Gasteiger partial charge in [0, 0.05) is 13.0 Å². The number of carbonyl (C=O) groups is 1. The van der Waals surface area contributed by atoms with Crippen LogP contribution in [-0.4, -0.2) is 19.7 Å². The van der Waals surface area contributed by atoms with Gasteiger partial charge in [-0.25, -0.2) is 4.79 Å². The zero-order chi connectivity index (χ0) is 14.1. The summed E-state index contributed by atoms with van der Waals surface area (Å²) in [5, 5.41) is 0. The summed E-state index contributed by atoms with van der Waals surface area (Å²) in [6.07, 6.45) is 0.471. The summed E-state index contributed by atoms with van der Waals surface area (Å²) in [6.45, 7) is 4.18. The molecule has 0 unspecified atom stereocenters. The van der Waals surface area contributed by atoms with E-state index in [0.717, 1.165) is 12.1 Å². The Hall–Kier alpha value is -2.29. The van der Waals surface area contributed by atoms with Crippen LogP contribution in [0.15, 0.2) is 42.5 Å². The molecule has 0 fully saturated rings. The molecule has 0 heterocycles. The third kappa shape index (κ3) is 1.86. The van der Waals surface area contributed by atoms with E-state index < -0.39 is 0 Å². The molecule has 1 amide bonds. The van der Waals surface area contributed by atoms with Crippen LogP contribution in [0, 0.1) is 6.92 Å². The average molecular weight is 266 g/mol. The van der Waals surface area contributed by atoms with Gasteiger partial charge in [0.1, 0.15) is 0 Å². The number of amides is 1. The van der Waals surface area contributed by atoms with Crippen molar-refractivity contribution in [3.8, 4) is 11.1 Å². The number of carbonyl (C=O) groups excluding carboxylic acids is 1. The summed E-state index contributed by atoms with van der Waals surface area (Å²) in [6, 6.07) is 14.4. The molecular weight excluding hydrogens is 250 g/mol. The fraction of sp³-hybridized carbons (Fsp3) is 0.176. The zero-order valence-corrected chi connectivity index (χ0v) is 11.4. The number of anilines is 1. The molecule has 0 saturated heterocycles. The number of ether oxygens (including phenoxy) is 1. The molecule has 2 aromatic rings. The van der Waals surface area contributed by atoms with Gasteiger partial charge >= 0.3 is 6.09 Å². The first kappa shape index (κ1) is 12.7. The lowest BCUT2D eigenvalue weighted by Crippen LogP contribution is -2.31. The van der Waals surface area contributed by atoms with Crippen LogP contribution in [0.25, 0.3) is 11.1 Å². The van der Waals surface area contributed by atoms with Crippen LogP contribution in [0.1, 0.15) is 11.1 Å². The summed E-state index contributed by atoms with van der Waals surface area (Å²) in [7, 11) is 1.39. The van der Waals surface area contributed by atoms with E-state index in [4.69, 9.17) is 4.74 Å². The highest BCUT2D eigenvalue weighted by molar-refractivity contribution is 5.92. The summed E-state index contributed by atoms with van der Waals surface area (Å²) >= 11 is 0. The van der Waals surface area contributed by atoms with E-state index >= 15 is 0 Å². The monoisotopic (exact) mass is 266 g/mol. The van der Waals surface area contributed by atoms with Crippen molar-refractivity contribution in [2.45, 2.75) is 6.42 Å². The van der Waals surface area contributed by atoms with Crippen molar-refractivity contribution in [3.63, 3.8) is 0 Å². The fourth-order valence-electron chi connectivity index (χ4n) is 2.81. The second-order valence-corrected chi connectivity index (χ2v) is 4.76. The second-order valence-electron chi connectivity index (χ2n) is 4.76. The number of hydrogen-bond acceptors (Lipinski definition) is 2. The molecule has 20 heavy (non-hydrogen) atoms. The van der Waals surface area contributed by atoms with Gasteiger partial charge in [0.2, 0.25) is 0 Å². The number of methoxy groups -OCH3 is 1. The Balaban J connectivity index is 2.11. The molecule has 1 aliphatic carbocycles. The van der Waals surface area contributed by atoms with Gasteiger partial charge < -0.3 is 4.74 Å². The Morgan fingerprint density at radius 2 is 1.95 bits per heavy atom. The second kappa shape index (κ2) is 5.00. The third-order valence-corrected chi connectivity index (χ3v) is 3.74. The van der Waals surface area contributed by atoms with Crippen molar-refractivity contribution in [1.82, 2.24) is 0 Å². The topological polar surface area (TPSA) is 29.5 Å². The van der Waals surface area contributed by atoms with Crippen LogP contribution in [0.4, 0.5) is 10.5 Å². The highest BCUT2D eigenvalue weighted by atomic mass is 16.5. The van der Waals surface area contributed by atoms with E-state index in [-0.39, 0.29) is 6.09 Å². The SMILES string of the molecule is [CH2]CN(C(=O)OC)c1cccc2c1Cc1ccccc1-2. The molecule has 0 aromatic heterocycles. The molecule has 101 valence electrons.